The zero-order valence-corrected chi connectivity index (χ0v) is 16.1. The molecule has 3 aromatic rings. The second-order valence-corrected chi connectivity index (χ2v) is 7.02. The van der Waals surface area contributed by atoms with Crippen LogP contribution >= 0.6 is 0 Å². The highest BCUT2D eigenvalue weighted by atomic mass is 16.2. The monoisotopic (exact) mass is 387 g/mol. The van der Waals surface area contributed by atoms with Gasteiger partial charge in [0.15, 0.2) is 0 Å². The Morgan fingerprint density at radius 2 is 1.79 bits per heavy atom. The molecule has 0 unspecified atom stereocenters. The molecule has 7 heteroatoms. The quantitative estimate of drug-likeness (QED) is 0.717. The summed E-state index contributed by atoms with van der Waals surface area (Å²) in [4.78, 5) is 33.4. The fourth-order valence-corrected chi connectivity index (χ4v) is 3.57. The van der Waals surface area contributed by atoms with Gasteiger partial charge >= 0.3 is 6.03 Å². The molecule has 3 N–H and O–H groups in total. The minimum atomic E-state index is -0.478. The smallest absolute Gasteiger partial charge is 0.320 e. The van der Waals surface area contributed by atoms with Crippen molar-refractivity contribution in [3.05, 3.63) is 60.6 Å². The van der Waals surface area contributed by atoms with Gasteiger partial charge < -0.3 is 11.1 Å². The molecule has 1 aliphatic rings. The molecule has 3 heterocycles. The van der Waals surface area contributed by atoms with Crippen molar-refractivity contribution < 1.29 is 9.59 Å². The van der Waals surface area contributed by atoms with E-state index in [0.717, 1.165) is 46.3 Å². The van der Waals surface area contributed by atoms with Crippen LogP contribution in [-0.4, -0.2) is 28.5 Å². The highest BCUT2D eigenvalue weighted by molar-refractivity contribution is 5.91. The average Bonchev–Trinajstić information content (AvgIpc) is 2.72. The highest BCUT2D eigenvalue weighted by Gasteiger charge is 2.22. The van der Waals surface area contributed by atoms with Crippen LogP contribution in [0.2, 0.25) is 0 Å². The number of nitrogens with two attached hydrogens (primary N) is 1. The zero-order valence-electron chi connectivity index (χ0n) is 16.1. The van der Waals surface area contributed by atoms with Crippen LogP contribution < -0.4 is 16.0 Å². The van der Waals surface area contributed by atoms with E-state index in [1.807, 2.05) is 36.4 Å². The fraction of sp³-hybridized carbons (Fsp3) is 0.182. The third kappa shape index (κ3) is 3.94. The first-order valence-electron chi connectivity index (χ1n) is 9.40. The Balaban J connectivity index is 1.68. The number of carbonyl (C=O) groups excluding carboxylic acids is 2. The van der Waals surface area contributed by atoms with Crippen LogP contribution in [0, 0.1) is 0 Å². The van der Waals surface area contributed by atoms with E-state index >= 15 is 0 Å². The highest BCUT2D eigenvalue weighted by Crippen LogP contribution is 2.31. The molecule has 2 aromatic heterocycles. The summed E-state index contributed by atoms with van der Waals surface area (Å²) in [6.07, 6.45) is 7.03. The summed E-state index contributed by atoms with van der Waals surface area (Å²) < 4.78 is 0. The summed E-state index contributed by atoms with van der Waals surface area (Å²) in [5, 5.41) is 2.80. The minimum absolute atomic E-state index is 0.112. The molecule has 0 aliphatic carbocycles. The predicted molar refractivity (Wildman–Crippen MR) is 112 cm³/mol. The second kappa shape index (κ2) is 7.71. The lowest BCUT2D eigenvalue weighted by atomic mass is 9.99. The van der Waals surface area contributed by atoms with Crippen LogP contribution in [0.25, 0.3) is 22.3 Å². The van der Waals surface area contributed by atoms with E-state index in [-0.39, 0.29) is 5.91 Å². The Kier molecular flexibility index (Phi) is 4.95. The first-order chi connectivity index (χ1) is 14.0. The number of benzene rings is 1. The molecule has 0 saturated heterocycles. The molecule has 0 radical (unpaired) electrons. The van der Waals surface area contributed by atoms with E-state index in [4.69, 9.17) is 5.73 Å². The minimum Gasteiger partial charge on any atom is -0.351 e. The van der Waals surface area contributed by atoms with Crippen molar-refractivity contribution >= 4 is 23.4 Å². The number of primary amides is 1. The number of pyridine rings is 2. The van der Waals surface area contributed by atoms with Crippen LogP contribution in [-0.2, 0) is 11.2 Å². The number of carbonyl (C=O) groups is 2. The number of amides is 3. The number of nitrogens with zero attached hydrogens (tertiary/aromatic N) is 3. The van der Waals surface area contributed by atoms with Gasteiger partial charge in [-0.25, -0.2) is 9.78 Å². The lowest BCUT2D eigenvalue weighted by molar-refractivity contribution is -0.114. The number of hydrogen-bond donors (Lipinski definition) is 2. The molecular formula is C22H21N5O2. The standard InChI is InChI=1S/C22H21N5O2/c1-14(28)26-20-6-2-4-15(10-20)17-9-18(12-24-11-17)19-8-16-5-3-7-27(22(23)29)21(16)25-13-19/h2,4,6,8-13H,3,5,7H2,1H3,(H2,23,29)(H,26,28). The van der Waals surface area contributed by atoms with Crippen molar-refractivity contribution in [1.29, 1.82) is 0 Å². The largest absolute Gasteiger partial charge is 0.351 e. The molecule has 7 nitrogen and oxygen atoms in total. The molecule has 146 valence electrons. The number of fused-ring (bicyclic) bond motifs is 1. The molecular weight excluding hydrogens is 366 g/mol. The summed E-state index contributed by atoms with van der Waals surface area (Å²) >= 11 is 0. The van der Waals surface area contributed by atoms with E-state index in [9.17, 15) is 9.59 Å². The number of rotatable bonds is 3. The average molecular weight is 387 g/mol. The summed E-state index contributed by atoms with van der Waals surface area (Å²) in [6.45, 7) is 2.08. The normalized spacial score (nSPS) is 12.9. The fourth-order valence-electron chi connectivity index (χ4n) is 3.57. The molecule has 0 fully saturated rings. The summed E-state index contributed by atoms with van der Waals surface area (Å²) in [7, 11) is 0. The lowest BCUT2D eigenvalue weighted by Crippen LogP contribution is -2.40. The van der Waals surface area contributed by atoms with Crippen molar-refractivity contribution in [3.63, 3.8) is 0 Å². The van der Waals surface area contributed by atoms with E-state index in [2.05, 4.69) is 15.3 Å². The lowest BCUT2D eigenvalue weighted by Gasteiger charge is -2.26. The van der Waals surface area contributed by atoms with E-state index < -0.39 is 6.03 Å². The number of nitrogens with one attached hydrogen (secondary N) is 1. The molecule has 1 aliphatic heterocycles. The van der Waals surface area contributed by atoms with Gasteiger partial charge in [-0.2, -0.15) is 0 Å². The molecule has 4 rings (SSSR count). The van der Waals surface area contributed by atoms with Crippen LogP contribution in [0.5, 0.6) is 0 Å². The molecule has 3 amide bonds. The van der Waals surface area contributed by atoms with Crippen molar-refractivity contribution in [1.82, 2.24) is 9.97 Å². The van der Waals surface area contributed by atoms with Gasteiger partial charge in [-0.05, 0) is 48.2 Å². The Morgan fingerprint density at radius 3 is 2.55 bits per heavy atom. The third-order valence-corrected chi connectivity index (χ3v) is 4.88. The van der Waals surface area contributed by atoms with Gasteiger partial charge in [0, 0.05) is 54.4 Å². The third-order valence-electron chi connectivity index (χ3n) is 4.88. The molecule has 0 bridgehead atoms. The number of anilines is 2. The van der Waals surface area contributed by atoms with Gasteiger partial charge in [0.1, 0.15) is 5.82 Å². The van der Waals surface area contributed by atoms with E-state index in [1.165, 1.54) is 11.8 Å². The number of hydrogen-bond acceptors (Lipinski definition) is 4. The van der Waals surface area contributed by atoms with Gasteiger partial charge in [-0.15, -0.1) is 0 Å². The van der Waals surface area contributed by atoms with Crippen molar-refractivity contribution in [2.45, 2.75) is 19.8 Å². The summed E-state index contributed by atoms with van der Waals surface area (Å²) in [5.41, 5.74) is 11.0. The molecule has 29 heavy (non-hydrogen) atoms. The Morgan fingerprint density at radius 1 is 1.03 bits per heavy atom. The van der Waals surface area contributed by atoms with Crippen molar-refractivity contribution in [3.8, 4) is 22.3 Å². The molecule has 0 spiro atoms. The van der Waals surface area contributed by atoms with Gasteiger partial charge in [-0.1, -0.05) is 12.1 Å². The molecule has 1 aromatic carbocycles. The maximum atomic E-state index is 11.6. The Hall–Kier alpha value is -3.74. The topological polar surface area (TPSA) is 101 Å². The molecule has 0 saturated carbocycles. The Bertz CT molecular complexity index is 1100. The van der Waals surface area contributed by atoms with Crippen LogP contribution in [0.1, 0.15) is 18.9 Å². The number of urea groups is 1. The van der Waals surface area contributed by atoms with E-state index in [1.54, 1.807) is 18.6 Å². The first-order valence-corrected chi connectivity index (χ1v) is 9.40. The van der Waals surface area contributed by atoms with Gasteiger partial charge in [0.25, 0.3) is 0 Å². The molecule has 0 atom stereocenters. The maximum Gasteiger partial charge on any atom is 0.320 e. The van der Waals surface area contributed by atoms with Crippen molar-refractivity contribution in [2.75, 3.05) is 16.8 Å². The SMILES string of the molecule is CC(=O)Nc1cccc(-c2cncc(-c3cnc4c(c3)CCCN4C(N)=O)c2)c1. The van der Waals surface area contributed by atoms with Gasteiger partial charge in [-0.3, -0.25) is 14.7 Å². The van der Waals surface area contributed by atoms with Crippen molar-refractivity contribution in [2.24, 2.45) is 5.73 Å². The van der Waals surface area contributed by atoms with Gasteiger partial charge in [0.05, 0.1) is 0 Å². The first kappa shape index (κ1) is 18.6. The van der Waals surface area contributed by atoms with Gasteiger partial charge in [0.2, 0.25) is 5.91 Å². The van der Waals surface area contributed by atoms with Crippen LogP contribution in [0.4, 0.5) is 16.3 Å². The van der Waals surface area contributed by atoms with Crippen LogP contribution in [0.15, 0.2) is 55.0 Å². The maximum absolute atomic E-state index is 11.6. The second-order valence-electron chi connectivity index (χ2n) is 7.02. The summed E-state index contributed by atoms with van der Waals surface area (Å²) in [5.74, 6) is 0.527. The summed E-state index contributed by atoms with van der Waals surface area (Å²) in [6, 6.07) is 11.2. The Labute approximate surface area is 168 Å². The van der Waals surface area contributed by atoms with E-state index in [0.29, 0.717) is 12.4 Å². The number of aromatic nitrogens is 2. The zero-order chi connectivity index (χ0) is 20.4. The predicted octanol–water partition coefficient (Wildman–Crippen LogP) is 3.60. The van der Waals surface area contributed by atoms with Crippen LogP contribution in [0.3, 0.4) is 0 Å². The number of aryl methyl sites for hydroxylation is 1.